The number of nitrogens with two attached hydrogens (primary N) is 2. The second-order valence-corrected chi connectivity index (χ2v) is 4.04. The molecule has 76 valence electrons. The van der Waals surface area contributed by atoms with E-state index < -0.39 is 5.54 Å². The van der Waals surface area contributed by atoms with Crippen molar-refractivity contribution in [1.29, 1.82) is 0 Å². The molecule has 13 heavy (non-hydrogen) atoms. The molecule has 4 heteroatoms. The van der Waals surface area contributed by atoms with Crippen LogP contribution in [0, 0.1) is 5.92 Å². The molecule has 1 fully saturated rings. The number of hydrogen-bond acceptors (Lipinski definition) is 3. The third-order valence-corrected chi connectivity index (χ3v) is 2.71. The fraction of sp³-hybridized carbons (Fsp3) is 0.889. The Balaban J connectivity index is 2.50. The normalized spacial score (nSPS) is 23.8. The Hall–Kier alpha value is -0.610. The fourth-order valence-corrected chi connectivity index (χ4v) is 1.88. The molecule has 0 radical (unpaired) electrons. The molecule has 0 aliphatic carbocycles. The summed E-state index contributed by atoms with van der Waals surface area (Å²) in [6, 6.07) is 0. The standard InChI is InChI=1S/C9H18N2O2/c1-9(11,6-8(10)12)7-2-4-13-5-3-7/h7H,2-6,11H2,1H3,(H2,10,12). The van der Waals surface area contributed by atoms with E-state index in [1.165, 1.54) is 0 Å². The summed E-state index contributed by atoms with van der Waals surface area (Å²) in [7, 11) is 0. The summed E-state index contributed by atoms with van der Waals surface area (Å²) in [5, 5.41) is 0. The maximum Gasteiger partial charge on any atom is 0.219 e. The van der Waals surface area contributed by atoms with Gasteiger partial charge >= 0.3 is 0 Å². The van der Waals surface area contributed by atoms with E-state index in [2.05, 4.69) is 0 Å². The number of hydrogen-bond donors (Lipinski definition) is 2. The Bertz CT molecular complexity index is 186. The summed E-state index contributed by atoms with van der Waals surface area (Å²) in [6.07, 6.45) is 2.12. The Morgan fingerprint density at radius 3 is 2.54 bits per heavy atom. The van der Waals surface area contributed by atoms with Crippen molar-refractivity contribution in [2.24, 2.45) is 17.4 Å². The number of rotatable bonds is 3. The van der Waals surface area contributed by atoms with E-state index in [4.69, 9.17) is 16.2 Å². The average Bonchev–Trinajstić information content (AvgIpc) is 2.04. The quantitative estimate of drug-likeness (QED) is 0.651. The molecule has 1 heterocycles. The molecule has 0 saturated carbocycles. The van der Waals surface area contributed by atoms with Crippen LogP contribution >= 0.6 is 0 Å². The maximum absolute atomic E-state index is 10.8. The number of carbonyl (C=O) groups excluding carboxylic acids is 1. The van der Waals surface area contributed by atoms with Crippen molar-refractivity contribution in [1.82, 2.24) is 0 Å². The van der Waals surface area contributed by atoms with Crippen molar-refractivity contribution in [3.8, 4) is 0 Å². The molecule has 0 spiro atoms. The first-order chi connectivity index (χ1) is 6.02. The van der Waals surface area contributed by atoms with E-state index in [0.29, 0.717) is 5.92 Å². The van der Waals surface area contributed by atoms with Crippen LogP contribution < -0.4 is 11.5 Å². The minimum Gasteiger partial charge on any atom is -0.381 e. The minimum atomic E-state index is -0.463. The highest BCUT2D eigenvalue weighted by atomic mass is 16.5. The van der Waals surface area contributed by atoms with Crippen LogP contribution in [0.15, 0.2) is 0 Å². The zero-order valence-corrected chi connectivity index (χ0v) is 8.08. The maximum atomic E-state index is 10.8. The Morgan fingerprint density at radius 2 is 2.08 bits per heavy atom. The number of carbonyl (C=O) groups is 1. The lowest BCUT2D eigenvalue weighted by Gasteiger charge is -2.35. The molecular weight excluding hydrogens is 168 g/mol. The van der Waals surface area contributed by atoms with Crippen molar-refractivity contribution in [2.75, 3.05) is 13.2 Å². The molecule has 1 saturated heterocycles. The molecule has 1 aliphatic heterocycles. The van der Waals surface area contributed by atoms with Gasteiger partial charge in [0.05, 0.1) is 0 Å². The molecule has 1 aliphatic rings. The summed E-state index contributed by atoms with van der Waals surface area (Å²) >= 11 is 0. The third-order valence-electron chi connectivity index (χ3n) is 2.71. The second-order valence-electron chi connectivity index (χ2n) is 4.04. The van der Waals surface area contributed by atoms with Gasteiger partial charge in [-0.25, -0.2) is 0 Å². The molecule has 1 rings (SSSR count). The predicted molar refractivity (Wildman–Crippen MR) is 49.9 cm³/mol. The number of ether oxygens (including phenoxy) is 1. The summed E-state index contributed by atoms with van der Waals surface area (Å²) < 4.78 is 5.23. The molecule has 1 amide bonds. The first kappa shape index (κ1) is 10.5. The van der Waals surface area contributed by atoms with Gasteiger partial charge in [-0.05, 0) is 25.7 Å². The molecule has 1 unspecified atom stereocenters. The van der Waals surface area contributed by atoms with E-state index >= 15 is 0 Å². The van der Waals surface area contributed by atoms with Crippen LogP contribution in [0.4, 0.5) is 0 Å². The van der Waals surface area contributed by atoms with Gasteiger partial charge in [0.15, 0.2) is 0 Å². The monoisotopic (exact) mass is 186 g/mol. The first-order valence-corrected chi connectivity index (χ1v) is 4.67. The van der Waals surface area contributed by atoms with E-state index in [-0.39, 0.29) is 12.3 Å². The van der Waals surface area contributed by atoms with Gasteiger partial charge in [0.1, 0.15) is 0 Å². The van der Waals surface area contributed by atoms with Gasteiger partial charge < -0.3 is 16.2 Å². The molecule has 4 nitrogen and oxygen atoms in total. The fourth-order valence-electron chi connectivity index (χ4n) is 1.88. The molecular formula is C9H18N2O2. The molecule has 0 aromatic heterocycles. The number of amides is 1. The van der Waals surface area contributed by atoms with Crippen molar-refractivity contribution in [2.45, 2.75) is 31.7 Å². The van der Waals surface area contributed by atoms with Gasteiger partial charge in [-0.2, -0.15) is 0 Å². The Morgan fingerprint density at radius 1 is 1.54 bits per heavy atom. The summed E-state index contributed by atoms with van der Waals surface area (Å²) in [6.45, 7) is 3.39. The largest absolute Gasteiger partial charge is 0.381 e. The minimum absolute atomic E-state index is 0.262. The van der Waals surface area contributed by atoms with Gasteiger partial charge in [0, 0.05) is 25.2 Å². The Kier molecular flexibility index (Phi) is 3.27. The lowest BCUT2D eigenvalue weighted by atomic mass is 9.79. The van der Waals surface area contributed by atoms with Crippen LogP contribution in [0.1, 0.15) is 26.2 Å². The second kappa shape index (κ2) is 4.07. The zero-order valence-electron chi connectivity index (χ0n) is 8.08. The van der Waals surface area contributed by atoms with Gasteiger partial charge in [-0.3, -0.25) is 4.79 Å². The van der Waals surface area contributed by atoms with Gasteiger partial charge in [0.25, 0.3) is 0 Å². The molecule has 0 aromatic rings. The van der Waals surface area contributed by atoms with Crippen molar-refractivity contribution in [3.05, 3.63) is 0 Å². The summed E-state index contributed by atoms with van der Waals surface area (Å²) in [5.74, 6) is 0.0326. The summed E-state index contributed by atoms with van der Waals surface area (Å²) in [4.78, 5) is 10.8. The van der Waals surface area contributed by atoms with E-state index in [1.807, 2.05) is 6.92 Å². The highest BCUT2D eigenvalue weighted by molar-refractivity contribution is 5.75. The van der Waals surface area contributed by atoms with E-state index in [1.54, 1.807) is 0 Å². The highest BCUT2D eigenvalue weighted by Gasteiger charge is 2.32. The topological polar surface area (TPSA) is 78.3 Å². The predicted octanol–water partition coefficient (Wildman–Crippen LogP) is 0.00580. The first-order valence-electron chi connectivity index (χ1n) is 4.67. The van der Waals surface area contributed by atoms with Crippen LogP contribution in [0.2, 0.25) is 0 Å². The SMILES string of the molecule is CC(N)(CC(N)=O)C1CCOCC1. The van der Waals surface area contributed by atoms with Crippen LogP contribution in [0.5, 0.6) is 0 Å². The van der Waals surface area contributed by atoms with Crippen molar-refractivity contribution < 1.29 is 9.53 Å². The number of primary amides is 1. The summed E-state index contributed by atoms with van der Waals surface area (Å²) in [5.41, 5.74) is 10.7. The molecule has 0 bridgehead atoms. The van der Waals surface area contributed by atoms with E-state index in [9.17, 15) is 4.79 Å². The lowest BCUT2D eigenvalue weighted by molar-refractivity contribution is -0.119. The molecule has 4 N–H and O–H groups in total. The van der Waals surface area contributed by atoms with Crippen LogP contribution in [-0.4, -0.2) is 24.7 Å². The van der Waals surface area contributed by atoms with E-state index in [0.717, 1.165) is 26.1 Å². The van der Waals surface area contributed by atoms with Crippen molar-refractivity contribution >= 4 is 5.91 Å². The van der Waals surface area contributed by atoms with Crippen LogP contribution in [0.25, 0.3) is 0 Å². The van der Waals surface area contributed by atoms with Crippen LogP contribution in [-0.2, 0) is 9.53 Å². The molecule has 0 aromatic carbocycles. The molecule has 1 atom stereocenters. The average molecular weight is 186 g/mol. The van der Waals surface area contributed by atoms with Gasteiger partial charge in [0.2, 0.25) is 5.91 Å². The third kappa shape index (κ3) is 2.97. The van der Waals surface area contributed by atoms with Gasteiger partial charge in [-0.1, -0.05) is 0 Å². The Labute approximate surface area is 78.6 Å². The lowest BCUT2D eigenvalue weighted by Crippen LogP contribution is -2.49. The van der Waals surface area contributed by atoms with Crippen molar-refractivity contribution in [3.63, 3.8) is 0 Å². The smallest absolute Gasteiger partial charge is 0.219 e. The highest BCUT2D eigenvalue weighted by Crippen LogP contribution is 2.27. The van der Waals surface area contributed by atoms with Gasteiger partial charge in [-0.15, -0.1) is 0 Å². The zero-order chi connectivity index (χ0) is 9.90. The van der Waals surface area contributed by atoms with Crippen LogP contribution in [0.3, 0.4) is 0 Å².